The average molecular weight is 251 g/mol. The lowest BCUT2D eigenvalue weighted by Gasteiger charge is -2.14. The number of hydrogen-bond acceptors (Lipinski definition) is 4. The Labute approximate surface area is 107 Å². The second-order valence-corrected chi connectivity index (χ2v) is 5.40. The lowest BCUT2D eigenvalue weighted by molar-refractivity contribution is 0.194. The van der Waals surface area contributed by atoms with Gasteiger partial charge in [-0.05, 0) is 25.2 Å². The molecule has 100 valence electrons. The van der Waals surface area contributed by atoms with Crippen LogP contribution in [0.5, 0.6) is 5.88 Å². The summed E-state index contributed by atoms with van der Waals surface area (Å²) >= 11 is 0. The molecule has 0 saturated heterocycles. The highest BCUT2D eigenvalue weighted by molar-refractivity contribution is 5.05. The lowest BCUT2D eigenvalue weighted by Crippen LogP contribution is -2.27. The molecule has 5 nitrogen and oxygen atoms in total. The summed E-state index contributed by atoms with van der Waals surface area (Å²) in [6.45, 7) is 4.83. The predicted octanol–water partition coefficient (Wildman–Crippen LogP) is 1.16. The van der Waals surface area contributed by atoms with Crippen LogP contribution >= 0.6 is 0 Å². The van der Waals surface area contributed by atoms with Gasteiger partial charge in [0.05, 0.1) is 0 Å². The first kappa shape index (κ1) is 13.1. The number of rotatable bonds is 4. The largest absolute Gasteiger partial charge is 0.470 e. The van der Waals surface area contributed by atoms with Gasteiger partial charge in [0.2, 0.25) is 0 Å². The maximum atomic E-state index is 12.1. The molecule has 1 saturated carbocycles. The van der Waals surface area contributed by atoms with E-state index in [0.29, 0.717) is 12.5 Å². The van der Waals surface area contributed by atoms with E-state index in [1.165, 1.54) is 0 Å². The monoisotopic (exact) mass is 251 g/mol. The highest BCUT2D eigenvalue weighted by Gasteiger charge is 2.24. The van der Waals surface area contributed by atoms with Gasteiger partial charge in [-0.3, -0.25) is 4.79 Å². The summed E-state index contributed by atoms with van der Waals surface area (Å²) in [5.74, 6) is 0.620. The summed E-state index contributed by atoms with van der Waals surface area (Å²) in [5.41, 5.74) is 5.68. The van der Waals surface area contributed by atoms with Crippen molar-refractivity contribution < 1.29 is 4.74 Å². The van der Waals surface area contributed by atoms with Crippen LogP contribution in [0.2, 0.25) is 0 Å². The standard InChI is InChI=1S/C13H21N3O2/c1-9(2)8-16-6-5-15-12(13(16)17)18-11-4-3-10(14)7-11/h5-6,9-11H,3-4,7-8,14H2,1-2H3. The Hall–Kier alpha value is -1.36. The van der Waals surface area contributed by atoms with E-state index in [0.717, 1.165) is 19.3 Å². The third-order valence-electron chi connectivity index (χ3n) is 3.15. The fourth-order valence-electron chi connectivity index (χ4n) is 2.28. The van der Waals surface area contributed by atoms with E-state index in [9.17, 15) is 4.79 Å². The quantitative estimate of drug-likeness (QED) is 0.871. The van der Waals surface area contributed by atoms with Gasteiger partial charge < -0.3 is 15.0 Å². The molecule has 2 N–H and O–H groups in total. The number of ether oxygens (including phenoxy) is 1. The summed E-state index contributed by atoms with van der Waals surface area (Å²) in [4.78, 5) is 16.2. The zero-order chi connectivity index (χ0) is 13.1. The number of nitrogens with zero attached hydrogens (tertiary/aromatic N) is 2. The maximum absolute atomic E-state index is 12.1. The van der Waals surface area contributed by atoms with Crippen molar-refractivity contribution in [2.24, 2.45) is 11.7 Å². The molecular weight excluding hydrogens is 230 g/mol. The second-order valence-electron chi connectivity index (χ2n) is 5.40. The van der Waals surface area contributed by atoms with Gasteiger partial charge in [0.25, 0.3) is 5.88 Å². The first-order chi connectivity index (χ1) is 8.56. The van der Waals surface area contributed by atoms with Crippen LogP contribution in [0.15, 0.2) is 17.2 Å². The average Bonchev–Trinajstić information content (AvgIpc) is 2.69. The molecule has 2 atom stereocenters. The topological polar surface area (TPSA) is 70.1 Å². The second kappa shape index (κ2) is 5.52. The first-order valence-corrected chi connectivity index (χ1v) is 6.54. The van der Waals surface area contributed by atoms with E-state index in [1.807, 2.05) is 0 Å². The molecule has 1 aromatic heterocycles. The van der Waals surface area contributed by atoms with Gasteiger partial charge in [-0.1, -0.05) is 13.8 Å². The van der Waals surface area contributed by atoms with Crippen LogP contribution in [-0.2, 0) is 6.54 Å². The third-order valence-corrected chi connectivity index (χ3v) is 3.15. The zero-order valence-corrected chi connectivity index (χ0v) is 11.0. The molecule has 1 fully saturated rings. The fourth-order valence-corrected chi connectivity index (χ4v) is 2.28. The van der Waals surface area contributed by atoms with Gasteiger partial charge in [-0.15, -0.1) is 0 Å². The minimum atomic E-state index is -0.147. The minimum absolute atomic E-state index is 0.0371. The van der Waals surface area contributed by atoms with Crippen molar-refractivity contribution in [3.63, 3.8) is 0 Å². The van der Waals surface area contributed by atoms with Crippen molar-refractivity contribution in [1.82, 2.24) is 9.55 Å². The molecule has 1 heterocycles. The van der Waals surface area contributed by atoms with E-state index >= 15 is 0 Å². The van der Waals surface area contributed by atoms with Crippen LogP contribution in [0, 0.1) is 5.92 Å². The lowest BCUT2D eigenvalue weighted by atomic mass is 10.2. The van der Waals surface area contributed by atoms with Crippen LogP contribution in [0.25, 0.3) is 0 Å². The Bertz CT molecular complexity index is 456. The van der Waals surface area contributed by atoms with Crippen LogP contribution < -0.4 is 16.0 Å². The predicted molar refractivity (Wildman–Crippen MR) is 69.6 cm³/mol. The summed E-state index contributed by atoms with van der Waals surface area (Å²) in [5, 5.41) is 0. The first-order valence-electron chi connectivity index (χ1n) is 6.54. The van der Waals surface area contributed by atoms with Crippen LogP contribution in [-0.4, -0.2) is 21.7 Å². The number of hydrogen-bond donors (Lipinski definition) is 1. The van der Waals surface area contributed by atoms with Crippen LogP contribution in [0.3, 0.4) is 0 Å². The molecule has 0 aliphatic heterocycles. The smallest absolute Gasteiger partial charge is 0.313 e. The molecular formula is C13H21N3O2. The normalized spacial score (nSPS) is 23.6. The highest BCUT2D eigenvalue weighted by Crippen LogP contribution is 2.20. The summed E-state index contributed by atoms with van der Waals surface area (Å²) in [6, 6.07) is 0.191. The Balaban J connectivity index is 2.11. The van der Waals surface area contributed by atoms with Crippen LogP contribution in [0.1, 0.15) is 33.1 Å². The van der Waals surface area contributed by atoms with Gasteiger partial charge in [0, 0.05) is 25.0 Å². The van der Waals surface area contributed by atoms with E-state index in [4.69, 9.17) is 10.5 Å². The third kappa shape index (κ3) is 3.10. The molecule has 1 aliphatic carbocycles. The summed E-state index contributed by atoms with van der Waals surface area (Å²) < 4.78 is 7.33. The molecule has 1 aromatic rings. The Morgan fingerprint density at radius 3 is 2.94 bits per heavy atom. The van der Waals surface area contributed by atoms with Gasteiger partial charge in [-0.25, -0.2) is 4.98 Å². The molecule has 18 heavy (non-hydrogen) atoms. The van der Waals surface area contributed by atoms with Crippen LogP contribution in [0.4, 0.5) is 0 Å². The Morgan fingerprint density at radius 2 is 2.33 bits per heavy atom. The molecule has 2 rings (SSSR count). The molecule has 1 aliphatic rings. The Morgan fingerprint density at radius 1 is 1.56 bits per heavy atom. The van der Waals surface area contributed by atoms with Crippen molar-refractivity contribution in [3.05, 3.63) is 22.7 Å². The minimum Gasteiger partial charge on any atom is -0.470 e. The number of aromatic nitrogens is 2. The SMILES string of the molecule is CC(C)Cn1ccnc(OC2CCC(N)C2)c1=O. The number of nitrogens with two attached hydrogens (primary N) is 1. The molecule has 5 heteroatoms. The van der Waals surface area contributed by atoms with Gasteiger partial charge >= 0.3 is 5.56 Å². The van der Waals surface area contributed by atoms with E-state index < -0.39 is 0 Å². The van der Waals surface area contributed by atoms with Gasteiger partial charge in [0.1, 0.15) is 6.10 Å². The molecule has 0 radical (unpaired) electrons. The van der Waals surface area contributed by atoms with Crippen molar-refractivity contribution in [1.29, 1.82) is 0 Å². The van der Waals surface area contributed by atoms with Crippen molar-refractivity contribution in [3.8, 4) is 5.88 Å². The summed E-state index contributed by atoms with van der Waals surface area (Å²) in [6.07, 6.45) is 6.03. The van der Waals surface area contributed by atoms with Crippen molar-refractivity contribution in [2.45, 2.75) is 51.8 Å². The van der Waals surface area contributed by atoms with E-state index in [2.05, 4.69) is 18.8 Å². The fraction of sp³-hybridized carbons (Fsp3) is 0.692. The Kier molecular flexibility index (Phi) is 4.01. The highest BCUT2D eigenvalue weighted by atomic mass is 16.5. The van der Waals surface area contributed by atoms with Crippen molar-refractivity contribution >= 4 is 0 Å². The van der Waals surface area contributed by atoms with E-state index in [-0.39, 0.29) is 23.6 Å². The van der Waals surface area contributed by atoms with Gasteiger partial charge in [0.15, 0.2) is 0 Å². The molecule has 0 bridgehead atoms. The molecule has 0 aromatic carbocycles. The summed E-state index contributed by atoms with van der Waals surface area (Å²) in [7, 11) is 0. The maximum Gasteiger partial charge on any atom is 0.313 e. The van der Waals surface area contributed by atoms with Crippen molar-refractivity contribution in [2.75, 3.05) is 0 Å². The van der Waals surface area contributed by atoms with E-state index in [1.54, 1.807) is 17.0 Å². The molecule has 0 amide bonds. The zero-order valence-electron chi connectivity index (χ0n) is 11.0. The molecule has 2 unspecified atom stereocenters. The van der Waals surface area contributed by atoms with Gasteiger partial charge in [-0.2, -0.15) is 0 Å². The molecule has 0 spiro atoms.